The summed E-state index contributed by atoms with van der Waals surface area (Å²) >= 11 is 0. The number of nitrogens with zero attached hydrogens (tertiary/aromatic N) is 2. The predicted octanol–water partition coefficient (Wildman–Crippen LogP) is 10.6. The Kier molecular flexibility index (Phi) is 8.53. The van der Waals surface area contributed by atoms with Crippen molar-refractivity contribution in [1.29, 1.82) is 0 Å². The number of hydrogen-bond acceptors (Lipinski definition) is 0. The molecule has 13 aromatic rings. The molecule has 0 N–H and O–H groups in total. The van der Waals surface area contributed by atoms with Gasteiger partial charge in [-0.3, -0.25) is 0 Å². The van der Waals surface area contributed by atoms with Crippen LogP contribution in [0, 0.1) is 0 Å². The smallest absolute Gasteiger partial charge is 0.180 e. The van der Waals surface area contributed by atoms with E-state index in [1.165, 1.54) is 15.6 Å². The van der Waals surface area contributed by atoms with Crippen LogP contribution >= 0.6 is 0 Å². The topological polar surface area (TPSA) is 9.86 Å². The molecule has 330 valence electrons. The van der Waals surface area contributed by atoms with E-state index in [0.717, 1.165) is 47.7 Å². The molecule has 11 aromatic carbocycles. The van der Waals surface area contributed by atoms with E-state index in [1.807, 2.05) is 59.2 Å². The monoisotopic (exact) mass is 931 g/mol. The summed E-state index contributed by atoms with van der Waals surface area (Å²) in [5.74, 6) is 0. The summed E-state index contributed by atoms with van der Waals surface area (Å²) in [5, 5.41) is 11.4. The molecule has 4 heteroatoms. The first-order valence-electron chi connectivity index (χ1n) is 27.2. The Morgan fingerprint density at radius 2 is 0.714 bits per heavy atom. The number of fused-ring (bicyclic) bond motifs is 6. The van der Waals surface area contributed by atoms with Crippen molar-refractivity contribution in [2.75, 3.05) is 0 Å². The van der Waals surface area contributed by atoms with Gasteiger partial charge in [-0.2, -0.15) is 0 Å². The lowest BCUT2D eigenvalue weighted by atomic mass is 10.1. The number of hydrogen-bond donors (Lipinski definition) is 0. The van der Waals surface area contributed by atoms with Gasteiger partial charge in [0.25, 0.3) is 0 Å². The molecule has 0 atom stereocenters. The Morgan fingerprint density at radius 3 is 1.27 bits per heavy atom. The molecule has 0 fully saturated rings. The summed E-state index contributed by atoms with van der Waals surface area (Å²) in [6.07, 6.45) is 0. The molecule has 70 heavy (non-hydrogen) atoms. The first-order chi connectivity index (χ1) is 37.7. The molecule has 0 saturated carbocycles. The zero-order valence-corrected chi connectivity index (χ0v) is 40.1. The van der Waals surface area contributed by atoms with Gasteiger partial charge in [-0.05, 0) is 89.9 Å². The van der Waals surface area contributed by atoms with Gasteiger partial charge in [0, 0.05) is 32.9 Å². The van der Waals surface area contributed by atoms with Gasteiger partial charge in [-0.25, -0.2) is 0 Å². The van der Waals surface area contributed by atoms with Crippen LogP contribution in [0.3, 0.4) is 0 Å². The van der Waals surface area contributed by atoms with E-state index in [-0.39, 0.29) is 57.7 Å². The van der Waals surface area contributed by atoms with Crippen LogP contribution in [0.15, 0.2) is 291 Å². The molecule has 2 heterocycles. The van der Waals surface area contributed by atoms with Crippen LogP contribution in [0.4, 0.5) is 0 Å². The second kappa shape index (κ2) is 17.2. The van der Waals surface area contributed by atoms with Gasteiger partial charge in [-0.15, -0.1) is 0 Å². The summed E-state index contributed by atoms with van der Waals surface area (Å²) in [6, 6.07) is 84.3. The normalized spacial score (nSPS) is 13.4. The molecule has 0 saturated heterocycles. The van der Waals surface area contributed by atoms with E-state index >= 15 is 0 Å². The molecule has 2 aromatic heterocycles. The lowest BCUT2D eigenvalue weighted by Crippen LogP contribution is -2.74. The highest BCUT2D eigenvalue weighted by Crippen LogP contribution is 2.37. The molecular formula is C66H48N2Si2. The molecule has 13 rings (SSSR count). The Morgan fingerprint density at radius 1 is 0.286 bits per heavy atom. The second-order valence-electron chi connectivity index (χ2n) is 17.8. The molecule has 0 aliphatic heterocycles. The number of rotatable bonds is 10. The predicted molar refractivity (Wildman–Crippen MR) is 302 cm³/mol. The van der Waals surface area contributed by atoms with Crippen LogP contribution in [0.25, 0.3) is 55.0 Å². The molecule has 0 amide bonds. The van der Waals surface area contributed by atoms with Crippen LogP contribution in [0.1, 0.15) is 9.60 Å². The van der Waals surface area contributed by atoms with Crippen LogP contribution in [-0.4, -0.2) is 25.3 Å². The molecule has 0 radical (unpaired) electrons. The third kappa shape index (κ3) is 6.38. The molecule has 0 aliphatic carbocycles. The maximum atomic E-state index is 10.5. The SMILES string of the molecule is [2H]c1c([2H])c([2H])c2c(c1[2H])c1c([2H])c(-n3c4ccccc4c4c([Si](c5ccccc5)(c5ccccc5)c5ccccc5)cccc43)c([2H])c([2H])c1n2-c1cccc([Si](c2ccccc2)(c2ccccc2)c2ccccc2)c1. The zero-order valence-electron chi connectivity index (χ0n) is 45.1. The third-order valence-electron chi connectivity index (χ3n) is 14.2. The average molecular weight is 932 g/mol. The van der Waals surface area contributed by atoms with E-state index in [9.17, 15) is 6.85 Å². The molecule has 0 bridgehead atoms. The average Bonchev–Trinajstić information content (AvgIpc) is 4.11. The fourth-order valence-electron chi connectivity index (χ4n) is 11.4. The fourth-order valence-corrected chi connectivity index (χ4v) is 21.2. The van der Waals surface area contributed by atoms with Gasteiger partial charge in [-0.1, -0.05) is 243 Å². The summed E-state index contributed by atoms with van der Waals surface area (Å²) in [5.41, 5.74) is 2.52. The van der Waals surface area contributed by atoms with E-state index < -0.39 is 28.2 Å². The Labute approximate surface area is 420 Å². The maximum absolute atomic E-state index is 10.5. The van der Waals surface area contributed by atoms with Crippen molar-refractivity contribution in [2.45, 2.75) is 0 Å². The maximum Gasteiger partial charge on any atom is 0.180 e. The zero-order chi connectivity index (χ0) is 52.6. The minimum absolute atomic E-state index is 0.113. The lowest BCUT2D eigenvalue weighted by molar-refractivity contribution is 1.17. The number of aromatic nitrogens is 2. The minimum atomic E-state index is -3.16. The van der Waals surface area contributed by atoms with Gasteiger partial charge in [0.05, 0.1) is 31.7 Å². The van der Waals surface area contributed by atoms with Crippen LogP contribution in [0.2, 0.25) is 0 Å². The van der Waals surface area contributed by atoms with E-state index in [2.05, 4.69) is 194 Å². The largest absolute Gasteiger partial charge is 0.309 e. The van der Waals surface area contributed by atoms with Crippen LogP contribution < -0.4 is 41.5 Å². The summed E-state index contributed by atoms with van der Waals surface area (Å²) in [4.78, 5) is 0. The van der Waals surface area contributed by atoms with Crippen molar-refractivity contribution >= 4 is 101 Å². The Bertz CT molecular complexity index is 4210. The van der Waals surface area contributed by atoms with Gasteiger partial charge < -0.3 is 9.13 Å². The third-order valence-corrected chi connectivity index (χ3v) is 23.8. The summed E-state index contributed by atoms with van der Waals surface area (Å²) < 4.78 is 72.2. The first kappa shape index (κ1) is 34.7. The fraction of sp³-hybridized carbons (Fsp3) is 0. The second-order valence-corrected chi connectivity index (χ2v) is 25.4. The molecule has 2 nitrogen and oxygen atoms in total. The molecule has 0 unspecified atom stereocenters. The van der Waals surface area contributed by atoms with Crippen molar-refractivity contribution < 1.29 is 9.60 Å². The van der Waals surface area contributed by atoms with Crippen LogP contribution in [0.5, 0.6) is 0 Å². The van der Waals surface area contributed by atoms with E-state index in [1.54, 1.807) is 4.57 Å². The van der Waals surface area contributed by atoms with Crippen molar-refractivity contribution in [3.8, 4) is 11.4 Å². The van der Waals surface area contributed by atoms with E-state index in [0.29, 0.717) is 5.69 Å². The van der Waals surface area contributed by atoms with Gasteiger partial charge in [0.15, 0.2) is 16.1 Å². The Balaban J connectivity index is 1.14. The van der Waals surface area contributed by atoms with Crippen molar-refractivity contribution in [3.63, 3.8) is 0 Å². The Hall–Kier alpha value is -8.55. The van der Waals surface area contributed by atoms with Crippen molar-refractivity contribution in [3.05, 3.63) is 291 Å². The van der Waals surface area contributed by atoms with Gasteiger partial charge in [0.1, 0.15) is 0 Å². The van der Waals surface area contributed by atoms with E-state index in [4.69, 9.17) is 2.74 Å². The van der Waals surface area contributed by atoms with Crippen molar-refractivity contribution in [1.82, 2.24) is 9.13 Å². The minimum Gasteiger partial charge on any atom is -0.309 e. The first-order valence-corrected chi connectivity index (χ1v) is 27.7. The lowest BCUT2D eigenvalue weighted by Gasteiger charge is -2.35. The summed E-state index contributed by atoms with van der Waals surface area (Å²) in [6.45, 7) is 0. The van der Waals surface area contributed by atoms with Crippen molar-refractivity contribution in [2.24, 2.45) is 0 Å². The van der Waals surface area contributed by atoms with Gasteiger partial charge >= 0.3 is 0 Å². The standard InChI is InChI=1S/C66H48N2Si2/c1-7-26-51(27-8-1)69(52-28-9-2-10-29-52,53-30-11-3-12-31-53)57-38-23-25-49(47-57)67-61-41-21-19-39-58(61)60-48-50(45-46-63(60)67)68-62-42-22-20-40-59(62)66-64(68)43-24-44-65(66)70(54-32-13-4-14-33-54,55-34-15-5-16-35-55)56-36-17-6-18-37-56/h1-48H/i19D,21D,39D,41D,45D,46D,48D. The highest BCUT2D eigenvalue weighted by molar-refractivity contribution is 7.21. The molecule has 0 spiro atoms. The van der Waals surface area contributed by atoms with Gasteiger partial charge in [0.2, 0.25) is 0 Å². The molecular weight excluding hydrogens is 877 g/mol. The number of benzene rings is 11. The van der Waals surface area contributed by atoms with Crippen LogP contribution in [-0.2, 0) is 0 Å². The quantitative estimate of drug-likeness (QED) is 0.0955. The number of para-hydroxylation sites is 2. The highest BCUT2D eigenvalue weighted by atomic mass is 28.3. The summed E-state index contributed by atoms with van der Waals surface area (Å²) in [7, 11) is -6.28. The molecule has 0 aliphatic rings. The highest BCUT2D eigenvalue weighted by Gasteiger charge is 2.44.